The number of aryl methyl sites for hydroxylation is 1. The normalized spacial score (nSPS) is 13.3. The molecule has 0 saturated carbocycles. The van der Waals surface area contributed by atoms with E-state index in [0.29, 0.717) is 12.6 Å². The fraction of sp³-hybridized carbons (Fsp3) is 0.647. The van der Waals surface area contributed by atoms with E-state index in [2.05, 4.69) is 57.3 Å². The van der Waals surface area contributed by atoms with Gasteiger partial charge in [-0.2, -0.15) is 0 Å². The maximum atomic E-state index is 5.88. The van der Waals surface area contributed by atoms with E-state index in [-0.39, 0.29) is 5.41 Å². The number of nitrogens with one attached hydrogen (secondary N) is 1. The summed E-state index contributed by atoms with van der Waals surface area (Å²) in [5.41, 5.74) is 1.60. The highest BCUT2D eigenvalue weighted by Gasteiger charge is 2.23. The minimum absolute atomic E-state index is 0.204. The Labute approximate surface area is 118 Å². The molecule has 0 amide bonds. The van der Waals surface area contributed by atoms with Gasteiger partial charge in [0, 0.05) is 6.04 Å². The van der Waals surface area contributed by atoms with Crippen molar-refractivity contribution in [1.82, 2.24) is 5.32 Å². The van der Waals surface area contributed by atoms with Crippen LogP contribution in [-0.4, -0.2) is 19.7 Å². The van der Waals surface area contributed by atoms with Gasteiger partial charge in [0.05, 0.1) is 0 Å². The van der Waals surface area contributed by atoms with E-state index in [0.717, 1.165) is 12.2 Å². The second-order valence-electron chi connectivity index (χ2n) is 6.27. The summed E-state index contributed by atoms with van der Waals surface area (Å²) >= 11 is 0. The van der Waals surface area contributed by atoms with Gasteiger partial charge in [0.15, 0.2) is 0 Å². The van der Waals surface area contributed by atoms with Crippen molar-refractivity contribution >= 4 is 0 Å². The minimum Gasteiger partial charge on any atom is -0.492 e. The smallest absolute Gasteiger partial charge is 0.119 e. The summed E-state index contributed by atoms with van der Waals surface area (Å²) in [7, 11) is 1.99. The first-order chi connectivity index (χ1) is 8.97. The minimum atomic E-state index is 0.204. The number of hydrogen-bond acceptors (Lipinski definition) is 2. The van der Waals surface area contributed by atoms with Crippen LogP contribution in [0.15, 0.2) is 24.3 Å². The Morgan fingerprint density at radius 1 is 1.16 bits per heavy atom. The van der Waals surface area contributed by atoms with Crippen molar-refractivity contribution in [2.75, 3.05) is 13.7 Å². The fourth-order valence-corrected chi connectivity index (χ4v) is 2.08. The highest BCUT2D eigenvalue weighted by molar-refractivity contribution is 5.27. The van der Waals surface area contributed by atoms with Crippen molar-refractivity contribution in [2.24, 2.45) is 5.41 Å². The molecule has 19 heavy (non-hydrogen) atoms. The lowest BCUT2D eigenvalue weighted by atomic mass is 9.87. The number of hydrogen-bond donors (Lipinski definition) is 1. The highest BCUT2D eigenvalue weighted by Crippen LogP contribution is 2.21. The largest absolute Gasteiger partial charge is 0.492 e. The van der Waals surface area contributed by atoms with Crippen molar-refractivity contribution in [1.29, 1.82) is 0 Å². The zero-order valence-corrected chi connectivity index (χ0v) is 13.1. The summed E-state index contributed by atoms with van der Waals surface area (Å²) < 4.78 is 5.88. The van der Waals surface area contributed by atoms with Crippen LogP contribution in [0.2, 0.25) is 0 Å². The summed E-state index contributed by atoms with van der Waals surface area (Å²) in [5, 5.41) is 3.33. The molecule has 1 unspecified atom stereocenters. The Kier molecular flexibility index (Phi) is 6.36. The van der Waals surface area contributed by atoms with Gasteiger partial charge in [0.2, 0.25) is 0 Å². The van der Waals surface area contributed by atoms with Crippen molar-refractivity contribution in [3.05, 3.63) is 29.8 Å². The predicted octanol–water partition coefficient (Wildman–Crippen LogP) is 4.04. The van der Waals surface area contributed by atoms with Crippen LogP contribution >= 0.6 is 0 Å². The zero-order valence-electron chi connectivity index (χ0n) is 13.1. The molecule has 108 valence electrons. The van der Waals surface area contributed by atoms with E-state index in [4.69, 9.17) is 4.74 Å². The van der Waals surface area contributed by atoms with Gasteiger partial charge in [-0.05, 0) is 43.0 Å². The second kappa shape index (κ2) is 7.54. The van der Waals surface area contributed by atoms with Crippen molar-refractivity contribution in [3.8, 4) is 5.75 Å². The number of rotatable bonds is 7. The monoisotopic (exact) mass is 263 g/mol. The first kappa shape index (κ1) is 16.0. The first-order valence-electron chi connectivity index (χ1n) is 7.36. The lowest BCUT2D eigenvalue weighted by molar-refractivity contribution is 0.181. The molecule has 1 aromatic carbocycles. The molecule has 0 aliphatic rings. The molecule has 1 aromatic rings. The molecule has 0 aliphatic carbocycles. The fourth-order valence-electron chi connectivity index (χ4n) is 2.08. The highest BCUT2D eigenvalue weighted by atomic mass is 16.5. The molecular formula is C17H29NO. The molecule has 0 saturated heterocycles. The molecular weight excluding hydrogens is 234 g/mol. The third-order valence-electron chi connectivity index (χ3n) is 3.55. The molecule has 0 heterocycles. The van der Waals surface area contributed by atoms with Crippen LogP contribution in [0, 0.1) is 5.41 Å². The Morgan fingerprint density at radius 2 is 1.79 bits per heavy atom. The standard InChI is InChI=1S/C17H29NO/c1-6-7-8-14-9-11-15(12-10-14)19-13-16(18-5)17(2,3)4/h9-12,16,18H,6-8,13H2,1-5H3. The molecule has 0 aliphatic heterocycles. The van der Waals surface area contributed by atoms with Gasteiger partial charge in [-0.1, -0.05) is 46.2 Å². The Bertz CT molecular complexity index is 351. The average molecular weight is 263 g/mol. The third kappa shape index (κ3) is 5.65. The SMILES string of the molecule is CCCCc1ccc(OCC(NC)C(C)(C)C)cc1. The Balaban J connectivity index is 2.49. The van der Waals surface area contributed by atoms with Crippen LogP contribution in [0.4, 0.5) is 0 Å². The van der Waals surface area contributed by atoms with Crippen molar-refractivity contribution < 1.29 is 4.74 Å². The quantitative estimate of drug-likeness (QED) is 0.801. The van der Waals surface area contributed by atoms with Crippen LogP contribution in [0.5, 0.6) is 5.75 Å². The summed E-state index contributed by atoms with van der Waals surface area (Å²) in [6.45, 7) is 9.61. The molecule has 0 fully saturated rings. The van der Waals surface area contributed by atoms with Crippen LogP contribution in [-0.2, 0) is 6.42 Å². The number of benzene rings is 1. The Morgan fingerprint density at radius 3 is 2.26 bits per heavy atom. The lowest BCUT2D eigenvalue weighted by Crippen LogP contribution is -2.42. The second-order valence-corrected chi connectivity index (χ2v) is 6.27. The molecule has 1 atom stereocenters. The first-order valence-corrected chi connectivity index (χ1v) is 7.36. The van der Waals surface area contributed by atoms with Crippen LogP contribution in [0.3, 0.4) is 0 Å². The van der Waals surface area contributed by atoms with Crippen molar-refractivity contribution in [3.63, 3.8) is 0 Å². The van der Waals surface area contributed by atoms with E-state index in [1.165, 1.54) is 18.4 Å². The Hall–Kier alpha value is -1.02. The number of unbranched alkanes of at least 4 members (excludes halogenated alkanes) is 1. The van der Waals surface area contributed by atoms with Gasteiger partial charge in [-0.25, -0.2) is 0 Å². The molecule has 0 bridgehead atoms. The number of ether oxygens (including phenoxy) is 1. The maximum Gasteiger partial charge on any atom is 0.119 e. The van der Waals surface area contributed by atoms with E-state index >= 15 is 0 Å². The number of likely N-dealkylation sites (N-methyl/N-ethyl adjacent to an activating group) is 1. The summed E-state index contributed by atoms with van der Waals surface area (Å²) in [5.74, 6) is 0.963. The van der Waals surface area contributed by atoms with E-state index in [1.54, 1.807) is 0 Å². The van der Waals surface area contributed by atoms with Crippen LogP contribution < -0.4 is 10.1 Å². The maximum absolute atomic E-state index is 5.88. The van der Waals surface area contributed by atoms with Gasteiger partial charge in [-0.3, -0.25) is 0 Å². The summed E-state index contributed by atoms with van der Waals surface area (Å²) in [6.07, 6.45) is 3.66. The van der Waals surface area contributed by atoms with E-state index in [9.17, 15) is 0 Å². The van der Waals surface area contributed by atoms with Crippen LogP contribution in [0.25, 0.3) is 0 Å². The van der Waals surface area contributed by atoms with Crippen LogP contribution in [0.1, 0.15) is 46.1 Å². The third-order valence-corrected chi connectivity index (χ3v) is 3.55. The molecule has 2 nitrogen and oxygen atoms in total. The van der Waals surface area contributed by atoms with Gasteiger partial charge < -0.3 is 10.1 Å². The topological polar surface area (TPSA) is 21.3 Å². The summed E-state index contributed by atoms with van der Waals surface area (Å²) in [6, 6.07) is 8.88. The molecule has 0 aromatic heterocycles. The van der Waals surface area contributed by atoms with Crippen molar-refractivity contribution in [2.45, 2.75) is 53.0 Å². The predicted molar refractivity (Wildman–Crippen MR) is 82.9 cm³/mol. The zero-order chi connectivity index (χ0) is 14.3. The van der Waals surface area contributed by atoms with E-state index < -0.39 is 0 Å². The van der Waals surface area contributed by atoms with Gasteiger partial charge in [0.25, 0.3) is 0 Å². The lowest BCUT2D eigenvalue weighted by Gasteiger charge is -2.30. The molecule has 1 N–H and O–H groups in total. The summed E-state index contributed by atoms with van der Waals surface area (Å²) in [4.78, 5) is 0. The van der Waals surface area contributed by atoms with Gasteiger partial charge in [0.1, 0.15) is 12.4 Å². The van der Waals surface area contributed by atoms with Gasteiger partial charge in [-0.15, -0.1) is 0 Å². The molecule has 0 spiro atoms. The molecule has 2 heteroatoms. The van der Waals surface area contributed by atoms with E-state index in [1.807, 2.05) is 7.05 Å². The molecule has 0 radical (unpaired) electrons. The average Bonchev–Trinajstić information content (AvgIpc) is 2.37. The van der Waals surface area contributed by atoms with Gasteiger partial charge >= 0.3 is 0 Å². The molecule has 1 rings (SSSR count).